The molecule has 0 heterocycles. The Morgan fingerprint density at radius 2 is 1.48 bits per heavy atom. The van der Waals surface area contributed by atoms with E-state index in [2.05, 4.69) is 0 Å². The molecular weight excluding hydrogens is 372 g/mol. The summed E-state index contributed by atoms with van der Waals surface area (Å²) in [7, 11) is 6.09. The molecule has 0 aromatic heterocycles. The van der Waals surface area contributed by atoms with Gasteiger partial charge < -0.3 is 24.1 Å². The SMILES string of the molecule is COc1ccc2c(c1O)CCCC/C(C(=O)c1cc(OC)c(OC)c(OC)c1)=C\2. The highest BCUT2D eigenvalue weighted by atomic mass is 16.5. The van der Waals surface area contributed by atoms with Gasteiger partial charge in [-0.05, 0) is 55.5 Å². The zero-order chi connectivity index (χ0) is 21.0. The number of rotatable bonds is 6. The fraction of sp³-hybridized carbons (Fsp3) is 0.348. The maximum absolute atomic E-state index is 13.3. The first-order valence-electron chi connectivity index (χ1n) is 9.48. The fourth-order valence-electron chi connectivity index (χ4n) is 3.65. The van der Waals surface area contributed by atoms with E-state index in [9.17, 15) is 9.90 Å². The monoisotopic (exact) mass is 398 g/mol. The second-order valence-corrected chi connectivity index (χ2v) is 6.80. The van der Waals surface area contributed by atoms with E-state index in [1.54, 1.807) is 18.2 Å². The summed E-state index contributed by atoms with van der Waals surface area (Å²) >= 11 is 0. The lowest BCUT2D eigenvalue weighted by Gasteiger charge is -2.18. The standard InChI is InChI=1S/C23H26O6/c1-26-18-10-9-14-11-15(7-5-6-8-17(14)22(18)25)21(24)16-12-19(27-2)23(29-4)20(13-16)28-3/h9-13,25H,5-8H2,1-4H3/b15-11+. The van der Waals surface area contributed by atoms with E-state index < -0.39 is 0 Å². The van der Waals surface area contributed by atoms with Crippen molar-refractivity contribution in [1.82, 2.24) is 0 Å². The zero-order valence-corrected chi connectivity index (χ0v) is 17.2. The number of aromatic hydroxyl groups is 1. The minimum absolute atomic E-state index is 0.104. The maximum atomic E-state index is 13.3. The minimum Gasteiger partial charge on any atom is -0.504 e. The van der Waals surface area contributed by atoms with Crippen molar-refractivity contribution in [3.8, 4) is 28.7 Å². The molecule has 0 radical (unpaired) electrons. The van der Waals surface area contributed by atoms with Crippen LogP contribution in [0.3, 0.4) is 0 Å². The van der Waals surface area contributed by atoms with Gasteiger partial charge in [-0.15, -0.1) is 0 Å². The Kier molecular flexibility index (Phi) is 6.32. The number of carbonyl (C=O) groups excluding carboxylic acids is 1. The molecule has 0 saturated carbocycles. The van der Waals surface area contributed by atoms with Gasteiger partial charge in [0.05, 0.1) is 28.4 Å². The smallest absolute Gasteiger partial charge is 0.203 e. The van der Waals surface area contributed by atoms with Crippen molar-refractivity contribution in [2.75, 3.05) is 28.4 Å². The van der Waals surface area contributed by atoms with Crippen molar-refractivity contribution in [3.05, 3.63) is 46.5 Å². The van der Waals surface area contributed by atoms with Gasteiger partial charge in [-0.1, -0.05) is 6.07 Å². The van der Waals surface area contributed by atoms with Crippen LogP contribution in [0.25, 0.3) is 6.08 Å². The number of carbonyl (C=O) groups is 1. The first kappa shape index (κ1) is 20.6. The first-order valence-corrected chi connectivity index (χ1v) is 9.48. The van der Waals surface area contributed by atoms with Gasteiger partial charge in [0.15, 0.2) is 28.8 Å². The third-order valence-electron chi connectivity index (χ3n) is 5.17. The van der Waals surface area contributed by atoms with Crippen molar-refractivity contribution >= 4 is 11.9 Å². The molecule has 1 aliphatic rings. The quantitative estimate of drug-likeness (QED) is 0.726. The van der Waals surface area contributed by atoms with Crippen molar-refractivity contribution in [2.45, 2.75) is 25.7 Å². The molecule has 0 spiro atoms. The molecule has 2 aromatic rings. The Bertz CT molecular complexity index is 920. The molecule has 0 saturated heterocycles. The highest BCUT2D eigenvalue weighted by Crippen LogP contribution is 2.40. The first-order chi connectivity index (χ1) is 14.0. The molecule has 0 unspecified atom stereocenters. The average molecular weight is 398 g/mol. The Balaban J connectivity index is 2.07. The van der Waals surface area contributed by atoms with Crippen LogP contribution in [0.1, 0.15) is 40.7 Å². The number of hydrogen-bond acceptors (Lipinski definition) is 6. The Hall–Kier alpha value is -3.15. The van der Waals surface area contributed by atoms with Crippen LogP contribution in [-0.4, -0.2) is 39.3 Å². The molecule has 0 amide bonds. The third-order valence-corrected chi connectivity index (χ3v) is 5.17. The van der Waals surface area contributed by atoms with Gasteiger partial charge in [0.25, 0.3) is 0 Å². The highest BCUT2D eigenvalue weighted by Gasteiger charge is 2.22. The molecule has 154 valence electrons. The molecule has 1 N–H and O–H groups in total. The molecule has 29 heavy (non-hydrogen) atoms. The van der Waals surface area contributed by atoms with E-state index in [4.69, 9.17) is 18.9 Å². The van der Waals surface area contributed by atoms with Crippen LogP contribution in [0.4, 0.5) is 0 Å². The topological polar surface area (TPSA) is 74.2 Å². The minimum atomic E-state index is -0.104. The van der Waals surface area contributed by atoms with E-state index in [0.717, 1.165) is 30.4 Å². The Labute approximate surface area is 170 Å². The molecular formula is C23H26O6. The summed E-state index contributed by atoms with van der Waals surface area (Å²) in [4.78, 5) is 13.3. The van der Waals surface area contributed by atoms with Crippen LogP contribution in [-0.2, 0) is 6.42 Å². The molecule has 0 atom stereocenters. The Morgan fingerprint density at radius 3 is 2.07 bits per heavy atom. The number of benzene rings is 2. The number of Topliss-reactive ketones (excluding diaryl/α,β-unsaturated/α-hetero) is 1. The van der Waals surface area contributed by atoms with Gasteiger partial charge in [0.2, 0.25) is 5.75 Å². The zero-order valence-electron chi connectivity index (χ0n) is 17.2. The maximum Gasteiger partial charge on any atom is 0.203 e. The number of fused-ring (bicyclic) bond motifs is 1. The number of phenols is 1. The van der Waals surface area contributed by atoms with E-state index in [1.165, 1.54) is 28.4 Å². The summed E-state index contributed by atoms with van der Waals surface area (Å²) in [5.41, 5.74) is 2.77. The lowest BCUT2D eigenvalue weighted by molar-refractivity contribution is 0.103. The lowest BCUT2D eigenvalue weighted by Crippen LogP contribution is -2.08. The summed E-state index contributed by atoms with van der Waals surface area (Å²) in [6, 6.07) is 6.92. The Morgan fingerprint density at radius 1 is 0.862 bits per heavy atom. The number of phenolic OH excluding ortho intramolecular Hbond substituents is 1. The summed E-state index contributed by atoms with van der Waals surface area (Å²) in [6.45, 7) is 0. The predicted octanol–water partition coefficient (Wildman–Crippen LogP) is 4.42. The van der Waals surface area contributed by atoms with Gasteiger partial charge in [-0.2, -0.15) is 0 Å². The second kappa shape index (κ2) is 8.90. The predicted molar refractivity (Wildman–Crippen MR) is 111 cm³/mol. The van der Waals surface area contributed by atoms with Crippen molar-refractivity contribution < 1.29 is 28.8 Å². The van der Waals surface area contributed by atoms with Crippen LogP contribution < -0.4 is 18.9 Å². The highest BCUT2D eigenvalue weighted by molar-refractivity contribution is 6.12. The summed E-state index contributed by atoms with van der Waals surface area (Å²) < 4.78 is 21.3. The van der Waals surface area contributed by atoms with Gasteiger partial charge in [-0.25, -0.2) is 0 Å². The van der Waals surface area contributed by atoms with E-state index in [-0.39, 0.29) is 11.5 Å². The van der Waals surface area contributed by atoms with Gasteiger partial charge in [0.1, 0.15) is 0 Å². The van der Waals surface area contributed by atoms with Gasteiger partial charge in [-0.3, -0.25) is 4.79 Å². The van der Waals surface area contributed by atoms with Crippen molar-refractivity contribution in [1.29, 1.82) is 0 Å². The largest absolute Gasteiger partial charge is 0.504 e. The molecule has 0 bridgehead atoms. The number of allylic oxidation sites excluding steroid dienone is 1. The molecule has 0 fully saturated rings. The molecule has 0 aliphatic heterocycles. The van der Waals surface area contributed by atoms with Crippen LogP contribution in [0.15, 0.2) is 29.8 Å². The molecule has 3 rings (SSSR count). The van der Waals surface area contributed by atoms with Crippen LogP contribution >= 0.6 is 0 Å². The second-order valence-electron chi connectivity index (χ2n) is 6.80. The van der Waals surface area contributed by atoms with Crippen LogP contribution in [0.2, 0.25) is 0 Å². The van der Waals surface area contributed by atoms with Crippen LogP contribution in [0, 0.1) is 0 Å². The molecule has 6 nitrogen and oxygen atoms in total. The number of methoxy groups -OCH3 is 4. The summed E-state index contributed by atoms with van der Waals surface area (Å²) in [6.07, 6.45) is 4.97. The normalized spacial score (nSPS) is 15.2. The van der Waals surface area contributed by atoms with Crippen LogP contribution in [0.5, 0.6) is 28.7 Å². The number of ether oxygens (including phenoxy) is 4. The molecule has 2 aromatic carbocycles. The van der Waals surface area contributed by atoms with E-state index in [1.807, 2.05) is 12.1 Å². The fourth-order valence-corrected chi connectivity index (χ4v) is 3.65. The third kappa shape index (κ3) is 4.01. The van der Waals surface area contributed by atoms with Crippen molar-refractivity contribution in [2.24, 2.45) is 0 Å². The van der Waals surface area contributed by atoms with E-state index >= 15 is 0 Å². The number of ketones is 1. The van der Waals surface area contributed by atoms with Gasteiger partial charge in [0, 0.05) is 16.7 Å². The van der Waals surface area contributed by atoms with Crippen molar-refractivity contribution in [3.63, 3.8) is 0 Å². The van der Waals surface area contributed by atoms with Gasteiger partial charge >= 0.3 is 0 Å². The molecule has 1 aliphatic carbocycles. The summed E-state index contributed by atoms with van der Waals surface area (Å²) in [5, 5.41) is 10.5. The summed E-state index contributed by atoms with van der Waals surface area (Å²) in [5.74, 6) is 1.79. The number of hydrogen-bond donors (Lipinski definition) is 1. The molecule has 6 heteroatoms. The average Bonchev–Trinajstić information content (AvgIpc) is 2.73. The van der Waals surface area contributed by atoms with E-state index in [0.29, 0.717) is 40.6 Å². The lowest BCUT2D eigenvalue weighted by atomic mass is 9.89.